The van der Waals surface area contributed by atoms with Crippen LogP contribution in [0.15, 0.2) is 0 Å². The van der Waals surface area contributed by atoms with Gasteiger partial charge in [-0.05, 0) is 27.2 Å². The Labute approximate surface area is 165 Å². The van der Waals surface area contributed by atoms with Crippen molar-refractivity contribution in [1.82, 2.24) is 10.6 Å². The second-order valence-electron chi connectivity index (χ2n) is 8.44. The van der Waals surface area contributed by atoms with Crippen LogP contribution in [0, 0.1) is 5.41 Å². The van der Waals surface area contributed by atoms with E-state index in [0.717, 1.165) is 11.8 Å². The summed E-state index contributed by atoms with van der Waals surface area (Å²) in [5.41, 5.74) is 4.17. The monoisotopic (exact) mass is 403 g/mol. The van der Waals surface area contributed by atoms with Crippen molar-refractivity contribution in [2.75, 3.05) is 12.3 Å². The molecule has 0 radical (unpaired) electrons. The van der Waals surface area contributed by atoms with Gasteiger partial charge in [0.05, 0.1) is 18.6 Å². The smallest absolute Gasteiger partial charge is 0.303 e. The van der Waals surface area contributed by atoms with E-state index < -0.39 is 34.9 Å². The molecule has 0 spiro atoms. The van der Waals surface area contributed by atoms with Crippen LogP contribution in [0.4, 0.5) is 0 Å². The lowest BCUT2D eigenvalue weighted by molar-refractivity contribution is -0.138. The van der Waals surface area contributed by atoms with Crippen LogP contribution in [-0.2, 0) is 19.2 Å². The molecule has 0 aliphatic rings. The van der Waals surface area contributed by atoms with Gasteiger partial charge in [-0.15, -0.1) is 0 Å². The fourth-order valence-electron chi connectivity index (χ4n) is 2.27. The van der Waals surface area contributed by atoms with Crippen LogP contribution in [0.3, 0.4) is 0 Å². The molecule has 156 valence electrons. The zero-order chi connectivity index (χ0) is 21.4. The van der Waals surface area contributed by atoms with E-state index in [1.54, 1.807) is 20.8 Å². The van der Waals surface area contributed by atoms with Gasteiger partial charge in [-0.2, -0.15) is 0 Å². The molecule has 5 N–H and O–H groups in total. The van der Waals surface area contributed by atoms with Gasteiger partial charge in [-0.25, -0.2) is 0 Å². The van der Waals surface area contributed by atoms with Crippen molar-refractivity contribution in [3.05, 3.63) is 0 Å². The molecule has 0 bridgehead atoms. The zero-order valence-corrected chi connectivity index (χ0v) is 17.9. The summed E-state index contributed by atoms with van der Waals surface area (Å²) in [6.45, 7) is 10.6. The number of Topliss-reactive ketones (excluding diaryl/α,β-unsaturated/α-hetero) is 1. The SMILES string of the molecule is CC(C)(C)N[C@@H](CCC(=O)O)C(=O)NC(CSC(=O)CN)C(=O)C(C)(C)C. The lowest BCUT2D eigenvalue weighted by Crippen LogP contribution is -2.56. The molecule has 9 heteroatoms. The molecule has 0 aliphatic heterocycles. The Morgan fingerprint density at radius 3 is 2.00 bits per heavy atom. The summed E-state index contributed by atoms with van der Waals surface area (Å²) in [6, 6.07) is -1.64. The fourth-order valence-corrected chi connectivity index (χ4v) is 2.98. The highest BCUT2D eigenvalue weighted by molar-refractivity contribution is 8.13. The van der Waals surface area contributed by atoms with E-state index in [4.69, 9.17) is 10.8 Å². The van der Waals surface area contributed by atoms with E-state index in [9.17, 15) is 19.2 Å². The second-order valence-corrected chi connectivity index (χ2v) is 9.52. The summed E-state index contributed by atoms with van der Waals surface area (Å²) in [6.07, 6.45) is -0.0940. The highest BCUT2D eigenvalue weighted by atomic mass is 32.2. The maximum absolute atomic E-state index is 12.8. The van der Waals surface area contributed by atoms with Gasteiger partial charge < -0.3 is 21.5 Å². The number of aliphatic carboxylic acids is 1. The minimum atomic E-state index is -1.00. The highest BCUT2D eigenvalue weighted by Crippen LogP contribution is 2.19. The van der Waals surface area contributed by atoms with Crippen molar-refractivity contribution < 1.29 is 24.3 Å². The number of carboxylic acid groups (broad SMARTS) is 1. The van der Waals surface area contributed by atoms with Gasteiger partial charge in [-0.1, -0.05) is 32.5 Å². The summed E-state index contributed by atoms with van der Waals surface area (Å²) < 4.78 is 0. The predicted octanol–water partition coefficient (Wildman–Crippen LogP) is 0.926. The van der Waals surface area contributed by atoms with E-state index in [1.807, 2.05) is 20.8 Å². The molecule has 1 unspecified atom stereocenters. The number of carbonyl (C=O) groups is 4. The average Bonchev–Trinajstić information content (AvgIpc) is 2.51. The molecule has 0 aromatic carbocycles. The molecule has 0 fully saturated rings. The molecule has 1 amide bonds. The van der Waals surface area contributed by atoms with E-state index in [1.165, 1.54) is 0 Å². The third-order valence-electron chi connectivity index (χ3n) is 3.52. The molecular weight excluding hydrogens is 370 g/mol. The molecule has 2 atom stereocenters. The lowest BCUT2D eigenvalue weighted by Gasteiger charge is -2.30. The van der Waals surface area contributed by atoms with Crippen molar-refractivity contribution in [1.29, 1.82) is 0 Å². The summed E-state index contributed by atoms with van der Waals surface area (Å²) in [7, 11) is 0. The molecule has 0 aromatic rings. The molecule has 0 heterocycles. The zero-order valence-electron chi connectivity index (χ0n) is 17.0. The molecule has 8 nitrogen and oxygen atoms in total. The van der Waals surface area contributed by atoms with E-state index in [0.29, 0.717) is 0 Å². The molecule has 0 rings (SSSR count). The van der Waals surface area contributed by atoms with Crippen molar-refractivity contribution in [3.8, 4) is 0 Å². The number of carbonyl (C=O) groups excluding carboxylic acids is 3. The number of nitrogens with one attached hydrogen (secondary N) is 2. The van der Waals surface area contributed by atoms with Crippen LogP contribution < -0.4 is 16.4 Å². The van der Waals surface area contributed by atoms with Crippen molar-refractivity contribution in [3.63, 3.8) is 0 Å². The topological polar surface area (TPSA) is 139 Å². The normalized spacial score (nSPS) is 14.3. The number of nitrogens with two attached hydrogens (primary N) is 1. The molecule has 0 aliphatic carbocycles. The Balaban J connectivity index is 5.34. The average molecular weight is 404 g/mol. The van der Waals surface area contributed by atoms with Crippen LogP contribution in [0.1, 0.15) is 54.4 Å². The molecular formula is C18H33N3O5S. The summed E-state index contributed by atoms with van der Waals surface area (Å²) in [5.74, 6) is -1.59. The Bertz CT molecular complexity index is 552. The summed E-state index contributed by atoms with van der Waals surface area (Å²) >= 11 is 0.900. The summed E-state index contributed by atoms with van der Waals surface area (Å²) in [4.78, 5) is 47.8. The van der Waals surface area contributed by atoms with Crippen LogP contribution in [0.5, 0.6) is 0 Å². The maximum atomic E-state index is 12.8. The van der Waals surface area contributed by atoms with Gasteiger partial charge in [0.15, 0.2) is 5.78 Å². The third-order valence-corrected chi connectivity index (χ3v) is 4.51. The van der Waals surface area contributed by atoms with E-state index in [-0.39, 0.29) is 36.0 Å². The standard InChI is InChI=1S/C18H33N3O5S/c1-17(2,3)15(25)12(10-27-14(24)9-19)20-16(26)11(7-8-13(22)23)21-18(4,5)6/h11-12,21H,7-10,19H2,1-6H3,(H,20,26)(H,22,23)/t11-,12?/m0/s1. The number of hydrogen-bond donors (Lipinski definition) is 4. The Morgan fingerprint density at radius 2 is 1.59 bits per heavy atom. The van der Waals surface area contributed by atoms with Crippen LogP contribution in [0.25, 0.3) is 0 Å². The van der Waals surface area contributed by atoms with Crippen LogP contribution in [-0.4, -0.2) is 57.8 Å². The Kier molecular flexibility index (Phi) is 10.2. The highest BCUT2D eigenvalue weighted by Gasteiger charge is 2.33. The first kappa shape index (κ1) is 25.6. The number of carboxylic acids is 1. The van der Waals surface area contributed by atoms with Gasteiger partial charge in [-0.3, -0.25) is 19.2 Å². The number of rotatable bonds is 10. The Hall–Kier alpha value is -1.45. The molecule has 0 saturated carbocycles. The lowest BCUT2D eigenvalue weighted by atomic mass is 9.87. The van der Waals surface area contributed by atoms with Crippen LogP contribution >= 0.6 is 11.8 Å². The first-order valence-corrected chi connectivity index (χ1v) is 9.86. The number of amides is 1. The minimum absolute atomic E-state index is 0.0824. The first-order chi connectivity index (χ1) is 12.2. The van der Waals surface area contributed by atoms with Gasteiger partial charge in [0, 0.05) is 23.1 Å². The molecule has 0 saturated heterocycles. The van der Waals surface area contributed by atoms with Gasteiger partial charge in [0.2, 0.25) is 11.0 Å². The number of ketones is 1. The van der Waals surface area contributed by atoms with E-state index >= 15 is 0 Å². The van der Waals surface area contributed by atoms with Crippen molar-refractivity contribution in [2.24, 2.45) is 11.1 Å². The maximum Gasteiger partial charge on any atom is 0.303 e. The van der Waals surface area contributed by atoms with E-state index in [2.05, 4.69) is 10.6 Å². The summed E-state index contributed by atoms with van der Waals surface area (Å²) in [5, 5.41) is 14.4. The quantitative estimate of drug-likeness (QED) is 0.422. The third kappa shape index (κ3) is 11.1. The Morgan fingerprint density at radius 1 is 1.04 bits per heavy atom. The number of hydrogen-bond acceptors (Lipinski definition) is 7. The van der Waals surface area contributed by atoms with Crippen molar-refractivity contribution >= 4 is 34.5 Å². The molecule has 0 aromatic heterocycles. The second kappa shape index (κ2) is 10.8. The van der Waals surface area contributed by atoms with Crippen LogP contribution in [0.2, 0.25) is 0 Å². The largest absolute Gasteiger partial charge is 0.481 e. The molecule has 27 heavy (non-hydrogen) atoms. The van der Waals surface area contributed by atoms with Gasteiger partial charge in [0.1, 0.15) is 0 Å². The minimum Gasteiger partial charge on any atom is -0.481 e. The van der Waals surface area contributed by atoms with Gasteiger partial charge >= 0.3 is 5.97 Å². The van der Waals surface area contributed by atoms with Crippen molar-refractivity contribution in [2.45, 2.75) is 72.0 Å². The number of thioether (sulfide) groups is 1. The predicted molar refractivity (Wildman–Crippen MR) is 106 cm³/mol. The fraction of sp³-hybridized carbons (Fsp3) is 0.778. The first-order valence-electron chi connectivity index (χ1n) is 8.87. The van der Waals surface area contributed by atoms with Gasteiger partial charge in [0.25, 0.3) is 0 Å².